The molecule has 0 aromatic heterocycles. The van der Waals surface area contributed by atoms with Gasteiger partial charge in [0.25, 0.3) is 0 Å². The lowest BCUT2D eigenvalue weighted by molar-refractivity contribution is 0.129. The first-order valence-electron chi connectivity index (χ1n) is 5.61. The van der Waals surface area contributed by atoms with E-state index in [0.29, 0.717) is 6.54 Å². The van der Waals surface area contributed by atoms with E-state index in [-0.39, 0.29) is 5.60 Å². The Hall–Kier alpha value is -0.670. The van der Waals surface area contributed by atoms with E-state index >= 15 is 0 Å². The zero-order valence-corrected chi connectivity index (χ0v) is 11.4. The Balaban J connectivity index is 3.04. The summed E-state index contributed by atoms with van der Waals surface area (Å²) in [6.45, 7) is 8.81. The average Bonchev–Trinajstić information content (AvgIpc) is 2.16. The smallest absolute Gasteiger partial charge is 0.125 e. The highest BCUT2D eigenvalue weighted by molar-refractivity contribution is 7.99. The molecule has 2 nitrogen and oxygen atoms in total. The minimum Gasteiger partial charge on any atom is -0.488 e. The van der Waals surface area contributed by atoms with Crippen LogP contribution < -0.4 is 10.5 Å². The summed E-state index contributed by atoms with van der Waals surface area (Å²) in [5, 5.41) is 0. The Morgan fingerprint density at radius 2 is 2.00 bits per heavy atom. The van der Waals surface area contributed by atoms with Crippen LogP contribution in [-0.2, 0) is 6.54 Å². The van der Waals surface area contributed by atoms with Crippen molar-refractivity contribution in [2.45, 2.75) is 44.7 Å². The molecule has 3 heteroatoms. The lowest BCUT2D eigenvalue weighted by atomic mass is 10.1. The second-order valence-electron chi connectivity index (χ2n) is 4.58. The molecule has 0 unspecified atom stereocenters. The van der Waals surface area contributed by atoms with Crippen molar-refractivity contribution in [3.63, 3.8) is 0 Å². The molecule has 1 rings (SSSR count). The van der Waals surface area contributed by atoms with Crippen LogP contribution in [0.5, 0.6) is 5.75 Å². The number of hydrogen-bond donors (Lipinski definition) is 1. The van der Waals surface area contributed by atoms with Gasteiger partial charge >= 0.3 is 0 Å². The van der Waals surface area contributed by atoms with E-state index in [1.165, 1.54) is 4.90 Å². The number of thioether (sulfide) groups is 1. The molecule has 0 heterocycles. The fourth-order valence-electron chi connectivity index (χ4n) is 1.46. The maximum absolute atomic E-state index is 5.92. The molecular weight excluding hydrogens is 218 g/mol. The molecule has 0 atom stereocenters. The zero-order chi connectivity index (χ0) is 12.2. The topological polar surface area (TPSA) is 35.2 Å². The normalized spacial score (nSPS) is 11.6. The van der Waals surface area contributed by atoms with Crippen molar-refractivity contribution in [3.05, 3.63) is 23.8 Å². The van der Waals surface area contributed by atoms with Gasteiger partial charge in [-0.05, 0) is 38.7 Å². The molecule has 0 spiro atoms. The van der Waals surface area contributed by atoms with Crippen LogP contribution in [0.4, 0.5) is 0 Å². The Labute approximate surface area is 103 Å². The largest absolute Gasteiger partial charge is 0.488 e. The van der Waals surface area contributed by atoms with Crippen molar-refractivity contribution < 1.29 is 4.74 Å². The van der Waals surface area contributed by atoms with E-state index in [9.17, 15) is 0 Å². The van der Waals surface area contributed by atoms with Crippen LogP contribution in [0.2, 0.25) is 0 Å². The summed E-state index contributed by atoms with van der Waals surface area (Å²) in [5.74, 6) is 1.96. The molecule has 90 valence electrons. The molecule has 1 aromatic rings. The average molecular weight is 239 g/mol. The van der Waals surface area contributed by atoms with E-state index in [2.05, 4.69) is 13.0 Å². The summed E-state index contributed by atoms with van der Waals surface area (Å²) in [6.07, 6.45) is 0. The lowest BCUT2D eigenvalue weighted by Crippen LogP contribution is -2.24. The van der Waals surface area contributed by atoms with E-state index in [1.54, 1.807) is 11.8 Å². The van der Waals surface area contributed by atoms with E-state index in [1.807, 2.05) is 32.9 Å². The standard InChI is InChI=1S/C13H21NOS/c1-5-16-12-8-6-7-11(10(12)9-14)15-13(2,3)4/h6-8H,5,9,14H2,1-4H3. The minimum atomic E-state index is -0.181. The fraction of sp³-hybridized carbons (Fsp3) is 0.538. The number of hydrogen-bond acceptors (Lipinski definition) is 3. The van der Waals surface area contributed by atoms with E-state index < -0.39 is 0 Å². The van der Waals surface area contributed by atoms with Crippen LogP contribution in [0.3, 0.4) is 0 Å². The molecule has 2 N–H and O–H groups in total. The molecule has 0 saturated heterocycles. The van der Waals surface area contributed by atoms with Gasteiger partial charge in [-0.1, -0.05) is 13.0 Å². The summed E-state index contributed by atoms with van der Waals surface area (Å²) < 4.78 is 5.92. The summed E-state index contributed by atoms with van der Waals surface area (Å²) in [4.78, 5) is 1.23. The third kappa shape index (κ3) is 3.72. The first kappa shape index (κ1) is 13.4. The number of benzene rings is 1. The summed E-state index contributed by atoms with van der Waals surface area (Å²) in [7, 11) is 0. The van der Waals surface area contributed by atoms with Gasteiger partial charge in [-0.15, -0.1) is 11.8 Å². The van der Waals surface area contributed by atoms with Gasteiger partial charge in [0.15, 0.2) is 0 Å². The quantitative estimate of drug-likeness (QED) is 0.818. The number of nitrogens with two attached hydrogens (primary N) is 1. The number of ether oxygens (including phenoxy) is 1. The Morgan fingerprint density at radius 3 is 2.50 bits per heavy atom. The highest BCUT2D eigenvalue weighted by Gasteiger charge is 2.15. The SMILES string of the molecule is CCSc1cccc(OC(C)(C)C)c1CN. The molecule has 0 aliphatic rings. The first-order chi connectivity index (χ1) is 7.48. The molecule has 0 aliphatic carbocycles. The molecule has 0 fully saturated rings. The van der Waals surface area contributed by atoms with Crippen molar-refractivity contribution in [3.8, 4) is 5.75 Å². The second-order valence-corrected chi connectivity index (χ2v) is 5.89. The predicted molar refractivity (Wildman–Crippen MR) is 71.1 cm³/mol. The van der Waals surface area contributed by atoms with Crippen LogP contribution in [0.15, 0.2) is 23.1 Å². The van der Waals surface area contributed by atoms with Crippen LogP contribution in [-0.4, -0.2) is 11.4 Å². The van der Waals surface area contributed by atoms with Gasteiger partial charge in [-0.3, -0.25) is 0 Å². The summed E-state index contributed by atoms with van der Waals surface area (Å²) >= 11 is 1.81. The third-order valence-electron chi connectivity index (χ3n) is 2.01. The van der Waals surface area contributed by atoms with Gasteiger partial charge in [-0.25, -0.2) is 0 Å². The van der Waals surface area contributed by atoms with Gasteiger partial charge in [0.05, 0.1) is 0 Å². The van der Waals surface area contributed by atoms with Crippen LogP contribution >= 0.6 is 11.8 Å². The van der Waals surface area contributed by atoms with Gasteiger partial charge in [-0.2, -0.15) is 0 Å². The second kappa shape index (κ2) is 5.60. The molecule has 0 radical (unpaired) electrons. The molecule has 0 saturated carbocycles. The highest BCUT2D eigenvalue weighted by atomic mass is 32.2. The van der Waals surface area contributed by atoms with Crippen molar-refractivity contribution in [1.82, 2.24) is 0 Å². The van der Waals surface area contributed by atoms with Gasteiger partial charge in [0.2, 0.25) is 0 Å². The fourth-order valence-corrected chi connectivity index (χ4v) is 2.31. The monoisotopic (exact) mass is 239 g/mol. The van der Waals surface area contributed by atoms with Crippen LogP contribution in [0.25, 0.3) is 0 Å². The van der Waals surface area contributed by atoms with E-state index in [4.69, 9.17) is 10.5 Å². The van der Waals surface area contributed by atoms with Gasteiger partial charge in [0.1, 0.15) is 11.4 Å². The molecule has 16 heavy (non-hydrogen) atoms. The van der Waals surface area contributed by atoms with Crippen molar-refractivity contribution in [2.75, 3.05) is 5.75 Å². The summed E-state index contributed by atoms with van der Waals surface area (Å²) in [6, 6.07) is 6.12. The Kier molecular flexibility index (Phi) is 4.69. The van der Waals surface area contributed by atoms with Crippen molar-refractivity contribution >= 4 is 11.8 Å². The Bertz CT molecular complexity index is 344. The van der Waals surface area contributed by atoms with Gasteiger partial charge in [0, 0.05) is 17.0 Å². The molecule has 0 bridgehead atoms. The van der Waals surface area contributed by atoms with E-state index in [0.717, 1.165) is 17.1 Å². The van der Waals surface area contributed by atoms with Crippen molar-refractivity contribution in [2.24, 2.45) is 5.73 Å². The van der Waals surface area contributed by atoms with Crippen LogP contribution in [0, 0.1) is 0 Å². The minimum absolute atomic E-state index is 0.181. The first-order valence-corrected chi connectivity index (χ1v) is 6.60. The maximum atomic E-state index is 5.92. The summed E-state index contributed by atoms with van der Waals surface area (Å²) in [5.41, 5.74) is 6.74. The predicted octanol–water partition coefficient (Wildman–Crippen LogP) is 3.43. The molecule has 0 aliphatic heterocycles. The lowest BCUT2D eigenvalue weighted by Gasteiger charge is -2.24. The highest BCUT2D eigenvalue weighted by Crippen LogP contribution is 2.31. The Morgan fingerprint density at radius 1 is 1.31 bits per heavy atom. The molecule has 1 aromatic carbocycles. The maximum Gasteiger partial charge on any atom is 0.125 e. The number of rotatable bonds is 4. The van der Waals surface area contributed by atoms with Crippen LogP contribution in [0.1, 0.15) is 33.3 Å². The molecular formula is C13H21NOS. The molecule has 0 amide bonds. The van der Waals surface area contributed by atoms with Crippen molar-refractivity contribution in [1.29, 1.82) is 0 Å². The van der Waals surface area contributed by atoms with Gasteiger partial charge < -0.3 is 10.5 Å². The third-order valence-corrected chi connectivity index (χ3v) is 2.99. The zero-order valence-electron chi connectivity index (χ0n) is 10.5.